The smallest absolute Gasteiger partial charge is 0.335 e. The van der Waals surface area contributed by atoms with Crippen LogP contribution in [0.1, 0.15) is 29.6 Å². The van der Waals surface area contributed by atoms with Crippen LogP contribution >= 0.6 is 0 Å². The summed E-state index contributed by atoms with van der Waals surface area (Å²) in [4.78, 5) is 21.9. The lowest BCUT2D eigenvalue weighted by molar-refractivity contribution is -0.115. The number of nitrogens with one attached hydrogen (secondary N) is 1. The van der Waals surface area contributed by atoms with Crippen LogP contribution in [0.4, 0.5) is 5.69 Å². The van der Waals surface area contributed by atoms with E-state index in [1.807, 2.05) is 0 Å². The number of rotatable bonds is 3. The number of carbonyl (C=O) groups excluding carboxylic acids is 1. The van der Waals surface area contributed by atoms with Gasteiger partial charge in [-0.25, -0.2) is 4.79 Å². The van der Waals surface area contributed by atoms with Gasteiger partial charge in [-0.3, -0.25) is 4.79 Å². The minimum absolute atomic E-state index is 0.140. The standard InChI is InChI=1S/C13H13NO3/c15-12-3-1-2-11(8-12)14-10-6-4-9(5-7-10)13(16)17/h4-8,14H,1-3H2,(H,16,17). The first kappa shape index (κ1) is 11.4. The van der Waals surface area contributed by atoms with Crippen molar-refractivity contribution in [2.45, 2.75) is 19.3 Å². The molecule has 0 heterocycles. The summed E-state index contributed by atoms with van der Waals surface area (Å²) in [5.41, 5.74) is 1.95. The first-order chi connectivity index (χ1) is 8.15. The SMILES string of the molecule is O=C1C=C(Nc2ccc(C(=O)O)cc2)CCC1. The molecule has 0 unspecified atom stereocenters. The van der Waals surface area contributed by atoms with E-state index in [0.717, 1.165) is 24.2 Å². The third kappa shape index (κ3) is 2.93. The van der Waals surface area contributed by atoms with E-state index in [1.165, 1.54) is 12.1 Å². The maximum absolute atomic E-state index is 11.2. The maximum atomic E-state index is 11.2. The van der Waals surface area contributed by atoms with Crippen LogP contribution in [-0.2, 0) is 4.79 Å². The Bertz CT molecular complexity index is 474. The van der Waals surface area contributed by atoms with Crippen LogP contribution in [0.5, 0.6) is 0 Å². The number of carbonyl (C=O) groups is 2. The van der Waals surface area contributed by atoms with Crippen molar-refractivity contribution in [3.63, 3.8) is 0 Å². The van der Waals surface area contributed by atoms with Crippen molar-refractivity contribution < 1.29 is 14.7 Å². The molecule has 0 aliphatic heterocycles. The van der Waals surface area contributed by atoms with Crippen LogP contribution in [0.3, 0.4) is 0 Å². The van der Waals surface area contributed by atoms with Gasteiger partial charge in [0.05, 0.1) is 5.56 Å². The second kappa shape index (κ2) is 4.82. The van der Waals surface area contributed by atoms with Gasteiger partial charge in [-0.2, -0.15) is 0 Å². The Morgan fingerprint density at radius 1 is 1.18 bits per heavy atom. The fourth-order valence-electron chi connectivity index (χ4n) is 1.77. The van der Waals surface area contributed by atoms with Gasteiger partial charge < -0.3 is 10.4 Å². The molecule has 1 aliphatic rings. The highest BCUT2D eigenvalue weighted by Gasteiger charge is 2.10. The van der Waals surface area contributed by atoms with Crippen molar-refractivity contribution in [3.8, 4) is 0 Å². The quantitative estimate of drug-likeness (QED) is 0.838. The van der Waals surface area contributed by atoms with Crippen LogP contribution in [0.15, 0.2) is 36.0 Å². The molecule has 0 spiro atoms. The van der Waals surface area contributed by atoms with E-state index in [2.05, 4.69) is 5.32 Å². The van der Waals surface area contributed by atoms with Crippen molar-refractivity contribution in [2.24, 2.45) is 0 Å². The molecule has 4 nitrogen and oxygen atoms in total. The molecule has 0 aromatic heterocycles. The van der Waals surface area contributed by atoms with E-state index in [1.54, 1.807) is 18.2 Å². The van der Waals surface area contributed by atoms with E-state index in [0.29, 0.717) is 6.42 Å². The number of benzene rings is 1. The minimum Gasteiger partial charge on any atom is -0.478 e. The summed E-state index contributed by atoms with van der Waals surface area (Å²) in [6.45, 7) is 0. The molecular formula is C13H13NO3. The highest BCUT2D eigenvalue weighted by molar-refractivity contribution is 5.91. The lowest BCUT2D eigenvalue weighted by atomic mass is 10.0. The topological polar surface area (TPSA) is 66.4 Å². The Hall–Kier alpha value is -2.10. The van der Waals surface area contributed by atoms with Crippen molar-refractivity contribution >= 4 is 17.4 Å². The fourth-order valence-corrected chi connectivity index (χ4v) is 1.77. The molecule has 1 aromatic carbocycles. The molecule has 17 heavy (non-hydrogen) atoms. The Labute approximate surface area is 99.0 Å². The normalized spacial score (nSPS) is 15.3. The van der Waals surface area contributed by atoms with Gasteiger partial charge in [-0.05, 0) is 37.1 Å². The lowest BCUT2D eigenvalue weighted by Gasteiger charge is -2.14. The Morgan fingerprint density at radius 3 is 2.47 bits per heavy atom. The van der Waals surface area contributed by atoms with Gasteiger partial charge in [0.2, 0.25) is 0 Å². The molecule has 0 bridgehead atoms. The monoisotopic (exact) mass is 231 g/mol. The second-order valence-electron chi connectivity index (χ2n) is 4.00. The van der Waals surface area contributed by atoms with E-state index < -0.39 is 5.97 Å². The van der Waals surface area contributed by atoms with E-state index in [9.17, 15) is 9.59 Å². The van der Waals surface area contributed by atoms with Gasteiger partial charge in [0.1, 0.15) is 0 Å². The molecule has 88 valence electrons. The van der Waals surface area contributed by atoms with Gasteiger partial charge >= 0.3 is 5.97 Å². The van der Waals surface area contributed by atoms with Gasteiger partial charge in [-0.15, -0.1) is 0 Å². The minimum atomic E-state index is -0.941. The summed E-state index contributed by atoms with van der Waals surface area (Å²) in [5, 5.41) is 11.9. The summed E-state index contributed by atoms with van der Waals surface area (Å²) in [5.74, 6) is -0.801. The highest BCUT2D eigenvalue weighted by Crippen LogP contribution is 2.18. The zero-order valence-corrected chi connectivity index (χ0v) is 9.27. The first-order valence-electron chi connectivity index (χ1n) is 5.49. The number of carboxylic acids is 1. The number of hydrogen-bond acceptors (Lipinski definition) is 3. The summed E-state index contributed by atoms with van der Waals surface area (Å²) in [6.07, 6.45) is 3.95. The van der Waals surface area contributed by atoms with Crippen LogP contribution < -0.4 is 5.32 Å². The van der Waals surface area contributed by atoms with Gasteiger partial charge in [0.15, 0.2) is 5.78 Å². The first-order valence-corrected chi connectivity index (χ1v) is 5.49. The molecule has 0 radical (unpaired) electrons. The van der Waals surface area contributed by atoms with Gasteiger partial charge in [-0.1, -0.05) is 0 Å². The van der Waals surface area contributed by atoms with E-state index >= 15 is 0 Å². The predicted molar refractivity (Wildman–Crippen MR) is 64.0 cm³/mol. The van der Waals surface area contributed by atoms with Crippen molar-refractivity contribution in [1.29, 1.82) is 0 Å². The summed E-state index contributed by atoms with van der Waals surface area (Å²) in [6, 6.07) is 6.47. The van der Waals surface area contributed by atoms with Crippen LogP contribution in [0.25, 0.3) is 0 Å². The third-order valence-electron chi connectivity index (χ3n) is 2.64. The largest absolute Gasteiger partial charge is 0.478 e. The molecular weight excluding hydrogens is 218 g/mol. The lowest BCUT2D eigenvalue weighted by Crippen LogP contribution is -2.09. The fraction of sp³-hybridized carbons (Fsp3) is 0.231. The highest BCUT2D eigenvalue weighted by atomic mass is 16.4. The summed E-state index contributed by atoms with van der Waals surface area (Å²) < 4.78 is 0. The zero-order chi connectivity index (χ0) is 12.3. The number of aromatic carboxylic acids is 1. The molecule has 4 heteroatoms. The molecule has 1 aliphatic carbocycles. The van der Waals surface area contributed by atoms with Gasteiger partial charge in [0.25, 0.3) is 0 Å². The Kier molecular flexibility index (Phi) is 3.23. The van der Waals surface area contributed by atoms with Crippen molar-refractivity contribution in [1.82, 2.24) is 0 Å². The number of hydrogen-bond donors (Lipinski definition) is 2. The molecule has 0 saturated carbocycles. The molecule has 0 saturated heterocycles. The van der Waals surface area contributed by atoms with E-state index in [-0.39, 0.29) is 11.3 Å². The molecule has 2 rings (SSSR count). The zero-order valence-electron chi connectivity index (χ0n) is 9.27. The van der Waals surface area contributed by atoms with Crippen LogP contribution in [0.2, 0.25) is 0 Å². The van der Waals surface area contributed by atoms with Gasteiger partial charge in [0, 0.05) is 23.9 Å². The average molecular weight is 231 g/mol. The van der Waals surface area contributed by atoms with Crippen LogP contribution in [-0.4, -0.2) is 16.9 Å². The second-order valence-corrected chi connectivity index (χ2v) is 4.00. The number of allylic oxidation sites excluding steroid dienone is 2. The Balaban J connectivity index is 2.08. The van der Waals surface area contributed by atoms with Crippen molar-refractivity contribution in [3.05, 3.63) is 41.6 Å². The van der Waals surface area contributed by atoms with E-state index in [4.69, 9.17) is 5.11 Å². The number of ketones is 1. The Morgan fingerprint density at radius 2 is 1.88 bits per heavy atom. The van der Waals surface area contributed by atoms with Crippen molar-refractivity contribution in [2.75, 3.05) is 5.32 Å². The molecule has 1 aromatic rings. The average Bonchev–Trinajstić information content (AvgIpc) is 2.29. The number of anilines is 1. The molecule has 0 amide bonds. The number of carboxylic acid groups (broad SMARTS) is 1. The summed E-state index contributed by atoms with van der Waals surface area (Å²) in [7, 11) is 0. The predicted octanol–water partition coefficient (Wildman–Crippen LogP) is 2.43. The molecule has 0 atom stereocenters. The summed E-state index contributed by atoms with van der Waals surface area (Å²) >= 11 is 0. The maximum Gasteiger partial charge on any atom is 0.335 e. The molecule has 2 N–H and O–H groups in total. The third-order valence-corrected chi connectivity index (χ3v) is 2.64. The van der Waals surface area contributed by atoms with Crippen LogP contribution in [0, 0.1) is 0 Å². The molecule has 0 fully saturated rings.